The van der Waals surface area contributed by atoms with Crippen LogP contribution in [0.5, 0.6) is 0 Å². The highest BCUT2D eigenvalue weighted by Crippen LogP contribution is 2.29. The van der Waals surface area contributed by atoms with Crippen molar-refractivity contribution >= 4 is 11.8 Å². The van der Waals surface area contributed by atoms with Crippen molar-refractivity contribution in [1.29, 1.82) is 0 Å². The molecule has 1 aliphatic heterocycles. The number of rotatable bonds is 3. The van der Waals surface area contributed by atoms with Gasteiger partial charge < -0.3 is 9.80 Å². The number of piperazine rings is 1. The normalized spacial score (nSPS) is 14.6. The van der Waals surface area contributed by atoms with Crippen LogP contribution in [0, 0.1) is 6.92 Å². The summed E-state index contributed by atoms with van der Waals surface area (Å²) in [5.41, 5.74) is 3.24. The van der Waals surface area contributed by atoms with Crippen LogP contribution in [-0.2, 0) is 0 Å². The highest BCUT2D eigenvalue weighted by atomic mass is 15.3. The summed E-state index contributed by atoms with van der Waals surface area (Å²) >= 11 is 0. The second-order valence-electron chi connectivity index (χ2n) is 6.11. The van der Waals surface area contributed by atoms with Crippen LogP contribution in [-0.4, -0.2) is 46.3 Å². The molecule has 3 aromatic rings. The Balaban J connectivity index is 1.57. The molecule has 6 heteroatoms. The molecule has 0 radical (unpaired) electrons. The number of benzene rings is 1. The van der Waals surface area contributed by atoms with Crippen molar-refractivity contribution in [1.82, 2.24) is 20.2 Å². The predicted octanol–water partition coefficient (Wildman–Crippen LogP) is 2.57. The standard InChI is InChI=1S/C19H20N6/c1-15-14-17(16-6-3-2-4-7-16)18(23-22-15)24-10-12-25(13-11-24)19-20-8-5-9-21-19/h2-9,14H,10-13H2,1H3. The molecule has 3 heterocycles. The van der Waals surface area contributed by atoms with Gasteiger partial charge >= 0.3 is 0 Å². The number of hydrogen-bond acceptors (Lipinski definition) is 6. The van der Waals surface area contributed by atoms with Gasteiger partial charge in [0.25, 0.3) is 0 Å². The summed E-state index contributed by atoms with van der Waals surface area (Å²) in [6.45, 7) is 5.46. The van der Waals surface area contributed by atoms with Gasteiger partial charge in [0.2, 0.25) is 5.95 Å². The second-order valence-corrected chi connectivity index (χ2v) is 6.11. The van der Waals surface area contributed by atoms with Crippen molar-refractivity contribution < 1.29 is 0 Å². The van der Waals surface area contributed by atoms with Crippen LogP contribution in [0.15, 0.2) is 54.9 Å². The fraction of sp³-hybridized carbons (Fsp3) is 0.263. The van der Waals surface area contributed by atoms with Gasteiger partial charge in [-0.15, -0.1) is 5.10 Å². The maximum atomic E-state index is 4.50. The highest BCUT2D eigenvalue weighted by molar-refractivity contribution is 5.76. The maximum Gasteiger partial charge on any atom is 0.225 e. The van der Waals surface area contributed by atoms with E-state index in [4.69, 9.17) is 0 Å². The van der Waals surface area contributed by atoms with Crippen LogP contribution >= 0.6 is 0 Å². The number of nitrogens with zero attached hydrogens (tertiary/aromatic N) is 6. The van der Waals surface area contributed by atoms with Crippen LogP contribution in [0.4, 0.5) is 11.8 Å². The molecule has 0 amide bonds. The molecule has 0 unspecified atom stereocenters. The van der Waals surface area contributed by atoms with Gasteiger partial charge in [-0.1, -0.05) is 30.3 Å². The first-order chi connectivity index (χ1) is 12.3. The van der Waals surface area contributed by atoms with Crippen LogP contribution < -0.4 is 9.80 Å². The third-order valence-electron chi connectivity index (χ3n) is 4.40. The van der Waals surface area contributed by atoms with Crippen LogP contribution in [0.25, 0.3) is 11.1 Å². The van der Waals surface area contributed by atoms with Crippen molar-refractivity contribution in [3.63, 3.8) is 0 Å². The van der Waals surface area contributed by atoms with Crippen molar-refractivity contribution in [2.75, 3.05) is 36.0 Å². The minimum atomic E-state index is 0.792. The third-order valence-corrected chi connectivity index (χ3v) is 4.40. The van der Waals surface area contributed by atoms with E-state index in [0.29, 0.717) is 0 Å². The van der Waals surface area contributed by atoms with E-state index in [0.717, 1.165) is 49.2 Å². The molecule has 1 fully saturated rings. The summed E-state index contributed by atoms with van der Waals surface area (Å²) in [6, 6.07) is 14.3. The van der Waals surface area contributed by atoms with Gasteiger partial charge in [-0.3, -0.25) is 0 Å². The first kappa shape index (κ1) is 15.5. The molecule has 25 heavy (non-hydrogen) atoms. The number of hydrogen-bond donors (Lipinski definition) is 0. The lowest BCUT2D eigenvalue weighted by Crippen LogP contribution is -2.47. The molecule has 0 saturated carbocycles. The zero-order chi connectivity index (χ0) is 17.1. The second kappa shape index (κ2) is 6.84. The average molecular weight is 332 g/mol. The maximum absolute atomic E-state index is 4.50. The fourth-order valence-electron chi connectivity index (χ4n) is 3.12. The summed E-state index contributed by atoms with van der Waals surface area (Å²) in [4.78, 5) is 13.2. The third kappa shape index (κ3) is 3.28. The molecule has 4 rings (SSSR count). The molecular formula is C19H20N6. The quantitative estimate of drug-likeness (QED) is 0.735. The molecule has 0 aliphatic carbocycles. The summed E-state index contributed by atoms with van der Waals surface area (Å²) in [6.07, 6.45) is 3.57. The summed E-state index contributed by atoms with van der Waals surface area (Å²) in [5, 5.41) is 8.79. The number of anilines is 2. The Labute approximate surface area is 147 Å². The van der Waals surface area contributed by atoms with Gasteiger partial charge in [0.05, 0.1) is 5.69 Å². The SMILES string of the molecule is Cc1cc(-c2ccccc2)c(N2CCN(c3ncccn3)CC2)nn1. The summed E-state index contributed by atoms with van der Waals surface area (Å²) < 4.78 is 0. The van der Waals surface area contributed by atoms with E-state index in [-0.39, 0.29) is 0 Å². The average Bonchev–Trinajstić information content (AvgIpc) is 2.69. The van der Waals surface area contributed by atoms with Gasteiger partial charge in [0.1, 0.15) is 0 Å². The zero-order valence-corrected chi connectivity index (χ0v) is 14.2. The van der Waals surface area contributed by atoms with E-state index in [1.54, 1.807) is 12.4 Å². The molecule has 1 aromatic carbocycles. The van der Waals surface area contributed by atoms with E-state index in [1.807, 2.05) is 19.1 Å². The molecule has 1 saturated heterocycles. The zero-order valence-electron chi connectivity index (χ0n) is 14.2. The van der Waals surface area contributed by atoms with E-state index < -0.39 is 0 Å². The van der Waals surface area contributed by atoms with Gasteiger partial charge in [-0.05, 0) is 24.6 Å². The van der Waals surface area contributed by atoms with Crippen molar-refractivity contribution in [3.05, 3.63) is 60.6 Å². The van der Waals surface area contributed by atoms with Crippen LogP contribution in [0.2, 0.25) is 0 Å². The Kier molecular flexibility index (Phi) is 4.24. The lowest BCUT2D eigenvalue weighted by molar-refractivity contribution is 0.631. The Morgan fingerprint density at radius 3 is 2.20 bits per heavy atom. The molecule has 0 bridgehead atoms. The molecule has 126 valence electrons. The van der Waals surface area contributed by atoms with Crippen molar-refractivity contribution in [3.8, 4) is 11.1 Å². The smallest absolute Gasteiger partial charge is 0.225 e. The highest BCUT2D eigenvalue weighted by Gasteiger charge is 2.22. The summed E-state index contributed by atoms with van der Waals surface area (Å²) in [5.74, 6) is 1.74. The molecule has 0 atom stereocenters. The van der Waals surface area contributed by atoms with Crippen molar-refractivity contribution in [2.45, 2.75) is 6.92 Å². The Morgan fingerprint density at radius 2 is 1.48 bits per heavy atom. The largest absolute Gasteiger partial charge is 0.351 e. The Hall–Kier alpha value is -3.02. The molecule has 6 nitrogen and oxygen atoms in total. The number of aryl methyl sites for hydroxylation is 1. The Bertz CT molecular complexity index is 829. The van der Waals surface area contributed by atoms with Gasteiger partial charge in [0.15, 0.2) is 5.82 Å². The van der Waals surface area contributed by atoms with E-state index in [1.165, 1.54) is 5.56 Å². The summed E-state index contributed by atoms with van der Waals surface area (Å²) in [7, 11) is 0. The Morgan fingerprint density at radius 1 is 0.800 bits per heavy atom. The minimum absolute atomic E-state index is 0.792. The minimum Gasteiger partial charge on any atom is -0.351 e. The van der Waals surface area contributed by atoms with Crippen LogP contribution in [0.1, 0.15) is 5.69 Å². The lowest BCUT2D eigenvalue weighted by atomic mass is 10.1. The first-order valence-electron chi connectivity index (χ1n) is 8.48. The van der Waals surface area contributed by atoms with Crippen LogP contribution in [0.3, 0.4) is 0 Å². The predicted molar refractivity (Wildman–Crippen MR) is 98.7 cm³/mol. The number of aromatic nitrogens is 4. The van der Waals surface area contributed by atoms with Gasteiger partial charge in [0, 0.05) is 44.1 Å². The molecule has 0 N–H and O–H groups in total. The lowest BCUT2D eigenvalue weighted by Gasteiger charge is -2.35. The van der Waals surface area contributed by atoms with Gasteiger partial charge in [-0.25, -0.2) is 9.97 Å². The molecule has 0 spiro atoms. The molecule has 1 aliphatic rings. The van der Waals surface area contributed by atoms with Crippen molar-refractivity contribution in [2.24, 2.45) is 0 Å². The molecule has 2 aromatic heterocycles. The van der Waals surface area contributed by atoms with Gasteiger partial charge in [-0.2, -0.15) is 5.10 Å². The fourth-order valence-corrected chi connectivity index (χ4v) is 3.12. The first-order valence-corrected chi connectivity index (χ1v) is 8.48. The van der Waals surface area contributed by atoms with E-state index >= 15 is 0 Å². The van der Waals surface area contributed by atoms with E-state index in [9.17, 15) is 0 Å². The van der Waals surface area contributed by atoms with E-state index in [2.05, 4.69) is 60.3 Å². The molecular weight excluding hydrogens is 312 g/mol. The topological polar surface area (TPSA) is 58.0 Å². The monoisotopic (exact) mass is 332 g/mol.